The van der Waals surface area contributed by atoms with Crippen molar-refractivity contribution in [3.8, 4) is 0 Å². The summed E-state index contributed by atoms with van der Waals surface area (Å²) in [6.07, 6.45) is 4.96. The van der Waals surface area contributed by atoms with E-state index in [9.17, 15) is 9.59 Å². The molecule has 2 aromatic heterocycles. The van der Waals surface area contributed by atoms with Crippen molar-refractivity contribution in [3.63, 3.8) is 0 Å². The average Bonchev–Trinajstić information content (AvgIpc) is 3.22. The summed E-state index contributed by atoms with van der Waals surface area (Å²) in [6, 6.07) is 8.27. The maximum Gasteiger partial charge on any atom is 0.264 e. The van der Waals surface area contributed by atoms with Gasteiger partial charge in [0.1, 0.15) is 11.4 Å². The third-order valence-corrected chi connectivity index (χ3v) is 7.29. The number of hydrogen-bond acceptors (Lipinski definition) is 6. The minimum absolute atomic E-state index is 0.0402. The van der Waals surface area contributed by atoms with Crippen LogP contribution in [0.4, 0.5) is 0 Å². The number of amides is 2. The topological polar surface area (TPSA) is 79.5 Å². The van der Waals surface area contributed by atoms with Crippen molar-refractivity contribution in [2.24, 2.45) is 0 Å². The first-order valence-electron chi connectivity index (χ1n) is 10.8. The summed E-state index contributed by atoms with van der Waals surface area (Å²) in [5, 5.41) is 8.82. The number of aromatic nitrogens is 2. The Morgan fingerprint density at radius 2 is 2.03 bits per heavy atom. The monoisotopic (exact) mass is 440 g/mol. The van der Waals surface area contributed by atoms with E-state index in [1.807, 2.05) is 24.0 Å². The van der Waals surface area contributed by atoms with E-state index in [0.29, 0.717) is 24.4 Å². The van der Waals surface area contributed by atoms with E-state index in [1.54, 1.807) is 18.9 Å². The number of benzene rings is 1. The fourth-order valence-corrected chi connectivity index (χ4v) is 5.60. The van der Waals surface area contributed by atoms with Gasteiger partial charge in [-0.2, -0.15) is 0 Å². The van der Waals surface area contributed by atoms with Crippen LogP contribution in [-0.2, 0) is 17.8 Å². The molecule has 2 amide bonds. The lowest BCUT2D eigenvalue weighted by Crippen LogP contribution is -2.40. The molecule has 0 bridgehead atoms. The first kappa shape index (κ1) is 21.5. The van der Waals surface area contributed by atoms with E-state index in [2.05, 4.69) is 22.4 Å². The number of carbonyl (C=O) groups excluding carboxylic acids is 2. The highest BCUT2D eigenvalue weighted by atomic mass is 32.1. The van der Waals surface area contributed by atoms with Crippen molar-refractivity contribution < 1.29 is 14.2 Å². The van der Waals surface area contributed by atoms with E-state index in [1.165, 1.54) is 11.3 Å². The van der Waals surface area contributed by atoms with Crippen molar-refractivity contribution in [2.75, 3.05) is 13.6 Å². The van der Waals surface area contributed by atoms with Crippen LogP contribution in [0.2, 0.25) is 0 Å². The summed E-state index contributed by atoms with van der Waals surface area (Å²) in [5.74, 6) is 0.0760. The van der Waals surface area contributed by atoms with Gasteiger partial charge >= 0.3 is 0 Å². The highest BCUT2D eigenvalue weighted by Gasteiger charge is 2.28. The van der Waals surface area contributed by atoms with Crippen LogP contribution in [-0.4, -0.2) is 51.6 Å². The molecule has 0 radical (unpaired) electrons. The summed E-state index contributed by atoms with van der Waals surface area (Å²) in [7, 11) is 1.78. The van der Waals surface area contributed by atoms with E-state index < -0.39 is 0 Å². The van der Waals surface area contributed by atoms with Gasteiger partial charge in [0.25, 0.3) is 5.91 Å². The molecule has 4 rings (SSSR count). The maximum atomic E-state index is 13.5. The van der Waals surface area contributed by atoms with Gasteiger partial charge in [0.15, 0.2) is 0 Å². The first-order valence-corrected chi connectivity index (χ1v) is 11.6. The Morgan fingerprint density at radius 3 is 2.77 bits per heavy atom. The van der Waals surface area contributed by atoms with Gasteiger partial charge in [0.2, 0.25) is 5.91 Å². The van der Waals surface area contributed by atoms with Crippen LogP contribution >= 0.6 is 11.3 Å². The molecule has 0 spiro atoms. The number of fused-ring (bicyclic) bond motifs is 1. The lowest BCUT2D eigenvalue weighted by Gasteiger charge is -2.29. The summed E-state index contributed by atoms with van der Waals surface area (Å²) in [6.45, 7) is 4.60. The summed E-state index contributed by atoms with van der Waals surface area (Å²) < 4.78 is 5.87. The minimum atomic E-state index is -0.0402. The van der Waals surface area contributed by atoms with Crippen molar-refractivity contribution in [1.82, 2.24) is 20.1 Å². The molecule has 3 heterocycles. The Labute approximate surface area is 186 Å². The van der Waals surface area contributed by atoms with Crippen molar-refractivity contribution in [3.05, 3.63) is 46.1 Å². The number of aryl methyl sites for hydroxylation is 1. The van der Waals surface area contributed by atoms with Gasteiger partial charge in [-0.25, -0.2) is 4.63 Å². The Kier molecular flexibility index (Phi) is 6.36. The first-order chi connectivity index (χ1) is 15.0. The van der Waals surface area contributed by atoms with Crippen LogP contribution in [0.3, 0.4) is 0 Å². The highest BCUT2D eigenvalue weighted by Crippen LogP contribution is 2.35. The summed E-state index contributed by atoms with van der Waals surface area (Å²) >= 11 is 1.53. The van der Waals surface area contributed by atoms with E-state index >= 15 is 0 Å². The quantitative estimate of drug-likeness (QED) is 0.594. The molecule has 1 aliphatic rings. The van der Waals surface area contributed by atoms with Gasteiger partial charge in [0.05, 0.1) is 11.4 Å². The molecule has 3 aromatic rings. The third-order valence-electron chi connectivity index (χ3n) is 6.09. The molecule has 0 aliphatic carbocycles. The second-order valence-corrected chi connectivity index (χ2v) is 9.34. The van der Waals surface area contributed by atoms with Crippen molar-refractivity contribution in [1.29, 1.82) is 0 Å². The van der Waals surface area contributed by atoms with E-state index in [-0.39, 0.29) is 17.9 Å². The molecule has 7 nitrogen and oxygen atoms in total. The van der Waals surface area contributed by atoms with E-state index in [4.69, 9.17) is 4.63 Å². The number of hydrogen-bond donors (Lipinski definition) is 0. The molecule has 0 unspecified atom stereocenters. The van der Waals surface area contributed by atoms with Gasteiger partial charge in [-0.15, -0.1) is 11.3 Å². The number of likely N-dealkylation sites (tertiary alicyclic amines) is 1. The standard InChI is InChI=1S/C23H28N4O3S/c1-15-20(25-30-24-15)14-26(3)23(29)22-19(18-10-6-7-11-21(18)31-22)13-17-9-5-4-8-12-27(17)16(2)28/h6-7,10-11,17H,4-5,8-9,12-14H2,1-3H3/t17-/m1/s1. The molecule has 31 heavy (non-hydrogen) atoms. The van der Waals surface area contributed by atoms with Gasteiger partial charge in [-0.1, -0.05) is 41.4 Å². The summed E-state index contributed by atoms with van der Waals surface area (Å²) in [4.78, 5) is 30.2. The van der Waals surface area contributed by atoms with Gasteiger partial charge in [0, 0.05) is 31.3 Å². The average molecular weight is 441 g/mol. The molecular formula is C23H28N4O3S. The van der Waals surface area contributed by atoms with Gasteiger partial charge in [-0.3, -0.25) is 9.59 Å². The Morgan fingerprint density at radius 1 is 1.23 bits per heavy atom. The molecule has 1 saturated heterocycles. The normalized spacial score (nSPS) is 17.0. The minimum Gasteiger partial charge on any atom is -0.340 e. The number of rotatable bonds is 5. The van der Waals surface area contributed by atoms with Crippen LogP contribution in [0.15, 0.2) is 28.9 Å². The molecule has 1 atom stereocenters. The summed E-state index contributed by atoms with van der Waals surface area (Å²) in [5.41, 5.74) is 2.39. The zero-order valence-electron chi connectivity index (χ0n) is 18.3. The van der Waals surface area contributed by atoms with Crippen molar-refractivity contribution in [2.45, 2.75) is 58.5 Å². The zero-order chi connectivity index (χ0) is 22.0. The van der Waals surface area contributed by atoms with Gasteiger partial charge in [-0.05, 0) is 43.2 Å². The Hall–Kier alpha value is -2.74. The second kappa shape index (κ2) is 9.18. The predicted octanol–water partition coefficient (Wildman–Crippen LogP) is 4.20. The molecule has 1 fully saturated rings. The number of nitrogens with zero attached hydrogens (tertiary/aromatic N) is 4. The van der Waals surface area contributed by atoms with Crippen LogP contribution in [0.25, 0.3) is 10.1 Å². The maximum absolute atomic E-state index is 13.5. The lowest BCUT2D eigenvalue weighted by molar-refractivity contribution is -0.131. The lowest BCUT2D eigenvalue weighted by atomic mass is 9.97. The zero-order valence-corrected chi connectivity index (χ0v) is 19.1. The van der Waals surface area contributed by atoms with Crippen LogP contribution < -0.4 is 0 Å². The van der Waals surface area contributed by atoms with Crippen LogP contribution in [0.1, 0.15) is 59.2 Å². The highest BCUT2D eigenvalue weighted by molar-refractivity contribution is 7.21. The molecule has 8 heteroatoms. The molecule has 1 aromatic carbocycles. The fraction of sp³-hybridized carbons (Fsp3) is 0.478. The molecule has 1 aliphatic heterocycles. The van der Waals surface area contributed by atoms with Crippen LogP contribution in [0, 0.1) is 6.92 Å². The Balaban J connectivity index is 1.67. The largest absolute Gasteiger partial charge is 0.340 e. The second-order valence-electron chi connectivity index (χ2n) is 8.28. The van der Waals surface area contributed by atoms with Crippen LogP contribution in [0.5, 0.6) is 0 Å². The fourth-order valence-electron chi connectivity index (χ4n) is 4.38. The number of carbonyl (C=O) groups is 2. The SMILES string of the molecule is CC(=O)N1CCCCC[C@@H]1Cc1c(C(=O)N(C)Cc2nonc2C)sc2ccccc12. The third kappa shape index (κ3) is 4.49. The van der Waals surface area contributed by atoms with Gasteiger partial charge < -0.3 is 9.80 Å². The molecule has 164 valence electrons. The van der Waals surface area contributed by atoms with E-state index in [0.717, 1.165) is 52.8 Å². The Bertz CT molecular complexity index is 1090. The molecular weight excluding hydrogens is 412 g/mol. The van der Waals surface area contributed by atoms with Crippen molar-refractivity contribution >= 4 is 33.2 Å². The smallest absolute Gasteiger partial charge is 0.264 e. The predicted molar refractivity (Wildman–Crippen MR) is 120 cm³/mol. The number of thiophene rings is 1. The molecule has 0 N–H and O–H groups in total. The molecule has 0 saturated carbocycles.